The number of benzene rings is 1. The van der Waals surface area contributed by atoms with E-state index in [0.29, 0.717) is 12.1 Å². The smallest absolute Gasteiger partial charge is 0.245 e. The van der Waals surface area contributed by atoms with Crippen molar-refractivity contribution in [3.05, 3.63) is 35.9 Å². The summed E-state index contributed by atoms with van der Waals surface area (Å²) >= 11 is 1.96. The highest BCUT2D eigenvalue weighted by Gasteiger charge is 2.40. The molecule has 0 spiro atoms. The number of rotatable bonds is 8. The molecule has 2 aliphatic heterocycles. The summed E-state index contributed by atoms with van der Waals surface area (Å²) in [4.78, 5) is 28.0. The summed E-state index contributed by atoms with van der Waals surface area (Å²) in [5.41, 5.74) is 1.37. The normalized spacial score (nSPS) is 25.8. The second-order valence-corrected chi connectivity index (χ2v) is 9.75. The number of carbonyl (C=O) groups excluding carboxylic acids is 2. The number of thioether (sulfide) groups is 1. The summed E-state index contributed by atoms with van der Waals surface area (Å²) in [6.07, 6.45) is 8.16. The van der Waals surface area contributed by atoms with Gasteiger partial charge in [-0.3, -0.25) is 9.59 Å². The number of amides is 2. The Morgan fingerprint density at radius 2 is 1.93 bits per heavy atom. The Hall–Kier alpha value is -1.49. The van der Waals surface area contributed by atoms with Crippen LogP contribution in [0.5, 0.6) is 0 Å². The van der Waals surface area contributed by atoms with Gasteiger partial charge in [-0.1, -0.05) is 57.0 Å². The monoisotopic (exact) mass is 416 g/mol. The number of nitrogens with one attached hydrogen (secondary N) is 1. The molecule has 1 aromatic rings. The molecule has 0 aliphatic carbocycles. The van der Waals surface area contributed by atoms with Crippen LogP contribution >= 0.6 is 11.8 Å². The third kappa shape index (κ3) is 6.00. The molecule has 0 radical (unpaired) electrons. The van der Waals surface area contributed by atoms with Crippen LogP contribution in [0.1, 0.15) is 64.4 Å². The Bertz CT molecular complexity index is 666. The Morgan fingerprint density at radius 3 is 2.69 bits per heavy atom. The van der Waals surface area contributed by atoms with Crippen molar-refractivity contribution in [2.45, 2.75) is 83.3 Å². The van der Waals surface area contributed by atoms with Crippen molar-refractivity contribution in [2.24, 2.45) is 5.92 Å². The molecule has 160 valence electrons. The zero-order valence-corrected chi connectivity index (χ0v) is 18.8. The Kier molecular flexibility index (Phi) is 8.46. The van der Waals surface area contributed by atoms with E-state index in [0.717, 1.165) is 62.9 Å². The van der Waals surface area contributed by atoms with E-state index in [9.17, 15) is 9.59 Å². The summed E-state index contributed by atoms with van der Waals surface area (Å²) in [6, 6.07) is 10.9. The first-order valence-corrected chi connectivity index (χ1v) is 12.5. The van der Waals surface area contributed by atoms with Crippen molar-refractivity contribution in [3.63, 3.8) is 0 Å². The molecule has 0 bridgehead atoms. The van der Waals surface area contributed by atoms with Gasteiger partial charge < -0.3 is 10.2 Å². The Morgan fingerprint density at radius 1 is 1.17 bits per heavy atom. The molecule has 2 amide bonds. The molecule has 1 unspecified atom stereocenters. The highest BCUT2D eigenvalue weighted by atomic mass is 32.2. The number of aryl methyl sites for hydroxylation is 1. The number of nitrogens with zero attached hydrogens (tertiary/aromatic N) is 1. The largest absolute Gasteiger partial charge is 0.344 e. The lowest BCUT2D eigenvalue weighted by molar-refractivity contribution is -0.140. The van der Waals surface area contributed by atoms with Crippen molar-refractivity contribution in [1.82, 2.24) is 10.2 Å². The molecule has 29 heavy (non-hydrogen) atoms. The van der Waals surface area contributed by atoms with Crippen molar-refractivity contribution in [2.75, 3.05) is 11.5 Å². The summed E-state index contributed by atoms with van der Waals surface area (Å²) in [5, 5.41) is 3.07. The number of carbonyl (C=O) groups is 2. The van der Waals surface area contributed by atoms with E-state index >= 15 is 0 Å². The van der Waals surface area contributed by atoms with Crippen molar-refractivity contribution in [3.8, 4) is 0 Å². The van der Waals surface area contributed by atoms with Crippen molar-refractivity contribution < 1.29 is 9.59 Å². The zero-order chi connectivity index (χ0) is 20.6. The molecular formula is C24H36N2O2S. The van der Waals surface area contributed by atoms with Gasteiger partial charge in [0, 0.05) is 23.8 Å². The molecule has 2 heterocycles. The Balaban J connectivity index is 1.57. The molecule has 0 aromatic heterocycles. The van der Waals surface area contributed by atoms with Gasteiger partial charge in [0.05, 0.1) is 0 Å². The maximum Gasteiger partial charge on any atom is 0.245 e. The van der Waals surface area contributed by atoms with E-state index < -0.39 is 0 Å². The Labute approximate surface area is 180 Å². The van der Waals surface area contributed by atoms with Crippen LogP contribution in [-0.2, 0) is 16.0 Å². The summed E-state index contributed by atoms with van der Waals surface area (Å²) in [5.74, 6) is 2.24. The van der Waals surface area contributed by atoms with E-state index in [1.807, 2.05) is 25.6 Å². The fourth-order valence-electron chi connectivity index (χ4n) is 4.49. The molecule has 2 aliphatic rings. The van der Waals surface area contributed by atoms with Crippen LogP contribution in [-0.4, -0.2) is 46.3 Å². The minimum absolute atomic E-state index is 0.0240. The second-order valence-electron chi connectivity index (χ2n) is 8.60. The van der Waals surface area contributed by atoms with Crippen LogP contribution in [0.25, 0.3) is 0 Å². The highest BCUT2D eigenvalue weighted by molar-refractivity contribution is 7.99. The average Bonchev–Trinajstić information content (AvgIpc) is 3.13. The minimum Gasteiger partial charge on any atom is -0.344 e. The van der Waals surface area contributed by atoms with E-state index in [1.54, 1.807) is 0 Å². The van der Waals surface area contributed by atoms with Gasteiger partial charge in [-0.25, -0.2) is 0 Å². The maximum atomic E-state index is 13.4. The molecule has 2 fully saturated rings. The molecule has 1 aromatic carbocycles. The number of hydrogen-bond acceptors (Lipinski definition) is 3. The van der Waals surface area contributed by atoms with Gasteiger partial charge >= 0.3 is 0 Å². The lowest BCUT2D eigenvalue weighted by Gasteiger charge is -2.36. The van der Waals surface area contributed by atoms with Gasteiger partial charge in [0.1, 0.15) is 6.04 Å². The van der Waals surface area contributed by atoms with Crippen LogP contribution in [0, 0.1) is 5.92 Å². The average molecular weight is 417 g/mol. The molecule has 4 nitrogen and oxygen atoms in total. The van der Waals surface area contributed by atoms with Gasteiger partial charge in [0.2, 0.25) is 11.8 Å². The summed E-state index contributed by atoms with van der Waals surface area (Å²) < 4.78 is 0. The molecule has 3 rings (SSSR count). The summed E-state index contributed by atoms with van der Waals surface area (Å²) in [6.45, 7) is 3.96. The van der Waals surface area contributed by atoms with Crippen molar-refractivity contribution in [1.29, 1.82) is 0 Å². The van der Waals surface area contributed by atoms with Gasteiger partial charge in [-0.05, 0) is 49.8 Å². The van der Waals surface area contributed by atoms with E-state index in [-0.39, 0.29) is 23.8 Å². The van der Waals surface area contributed by atoms with E-state index in [4.69, 9.17) is 0 Å². The topological polar surface area (TPSA) is 49.4 Å². The molecule has 5 heteroatoms. The third-order valence-corrected chi connectivity index (χ3v) is 7.63. The van der Waals surface area contributed by atoms with Crippen LogP contribution in [0.4, 0.5) is 0 Å². The molecular weight excluding hydrogens is 380 g/mol. The summed E-state index contributed by atoms with van der Waals surface area (Å²) in [7, 11) is 0. The number of fused-ring (bicyclic) bond motifs is 1. The van der Waals surface area contributed by atoms with Crippen molar-refractivity contribution >= 4 is 23.6 Å². The zero-order valence-electron chi connectivity index (χ0n) is 17.9. The predicted octanol–water partition coefficient (Wildman–Crippen LogP) is 4.43. The van der Waals surface area contributed by atoms with Crippen LogP contribution in [0.3, 0.4) is 0 Å². The highest BCUT2D eigenvalue weighted by Crippen LogP contribution is 2.33. The van der Waals surface area contributed by atoms with Gasteiger partial charge in [0.15, 0.2) is 0 Å². The first kappa shape index (κ1) is 22.2. The third-order valence-electron chi connectivity index (χ3n) is 6.52. The standard InChI is InChI=1S/C24H36N2O2S/c1-3-18(2)23(27)25-22-12-8-7-11-20-13-14-21(26(20)24(22)28)17-29-16-15-19-9-5-4-6-10-19/h4-6,9-10,18,20-22H,3,7-8,11-17H2,1-2H3,(H,25,27)/t18?,20-,21-,22-/m0/s1. The fraction of sp³-hybridized carbons (Fsp3) is 0.667. The van der Waals surface area contributed by atoms with Gasteiger partial charge in [-0.2, -0.15) is 11.8 Å². The molecule has 1 N–H and O–H groups in total. The lowest BCUT2D eigenvalue weighted by atomic mass is 9.98. The van der Waals surface area contributed by atoms with Crippen LogP contribution < -0.4 is 5.32 Å². The fourth-order valence-corrected chi connectivity index (χ4v) is 5.63. The lowest BCUT2D eigenvalue weighted by Crippen LogP contribution is -2.54. The maximum absolute atomic E-state index is 13.4. The SMILES string of the molecule is CCC(C)C(=O)N[C@H]1CCCC[C@H]2CC[C@@H](CSCCc3ccccc3)N2C1=O. The number of hydrogen-bond donors (Lipinski definition) is 1. The first-order chi connectivity index (χ1) is 14.1. The van der Waals surface area contributed by atoms with Crippen LogP contribution in [0.15, 0.2) is 30.3 Å². The van der Waals surface area contributed by atoms with Gasteiger partial charge in [-0.15, -0.1) is 0 Å². The van der Waals surface area contributed by atoms with E-state index in [2.05, 4.69) is 40.5 Å². The van der Waals surface area contributed by atoms with E-state index in [1.165, 1.54) is 5.56 Å². The minimum atomic E-state index is -0.339. The molecule has 4 atom stereocenters. The predicted molar refractivity (Wildman–Crippen MR) is 121 cm³/mol. The quantitative estimate of drug-likeness (QED) is 0.638. The molecule has 2 saturated heterocycles. The van der Waals surface area contributed by atoms with Crippen LogP contribution in [0.2, 0.25) is 0 Å². The first-order valence-electron chi connectivity index (χ1n) is 11.3. The van der Waals surface area contributed by atoms with Gasteiger partial charge in [0.25, 0.3) is 0 Å². The second kappa shape index (κ2) is 11.1. The molecule has 0 saturated carbocycles.